The minimum atomic E-state index is 0.904. The van der Waals surface area contributed by atoms with Crippen LogP contribution in [0.5, 0.6) is 0 Å². The molecule has 11 rings (SSSR count). The number of rotatable bonds is 3. The Bertz CT molecular complexity index is 3080. The van der Waals surface area contributed by atoms with Gasteiger partial charge in [0.05, 0.1) is 16.6 Å². The van der Waals surface area contributed by atoms with Crippen molar-refractivity contribution in [2.75, 3.05) is 0 Å². The first-order valence-corrected chi connectivity index (χ1v) is 16.2. The first kappa shape index (κ1) is 25.6. The average Bonchev–Trinajstić information content (AvgIpc) is 3.91. The zero-order valence-electron chi connectivity index (χ0n) is 25.7. The molecule has 0 aliphatic carbocycles. The summed E-state index contributed by atoms with van der Waals surface area (Å²) in [6.45, 7) is 0. The number of hydrogen-bond acceptors (Lipinski definition) is 2. The van der Waals surface area contributed by atoms with E-state index in [0.29, 0.717) is 0 Å². The normalized spacial score (nSPS) is 12.2. The Labute approximate surface area is 274 Å². The Morgan fingerprint density at radius 1 is 0.354 bits per heavy atom. The fourth-order valence-electron chi connectivity index (χ4n) is 7.68. The molecule has 0 unspecified atom stereocenters. The lowest BCUT2D eigenvalue weighted by Gasteiger charge is -2.10. The van der Waals surface area contributed by atoms with Crippen LogP contribution in [-0.4, -0.2) is 9.13 Å². The Morgan fingerprint density at radius 2 is 0.938 bits per heavy atom. The average molecular weight is 615 g/mol. The zero-order valence-corrected chi connectivity index (χ0v) is 25.7. The standard InChI is InChI=1S/C44H26N2O2/c1-4-10-38-32(7-1)35-23-28(15-18-39(35)46(38)31-17-20-44-37(26-31)34-9-3-6-12-42(34)48-44)29-14-13-27-21-22-45(40(27)24-29)30-16-19-43-36(25-30)33-8-2-5-11-41(33)47-43/h1-26H. The van der Waals surface area contributed by atoms with Gasteiger partial charge in [-0.25, -0.2) is 0 Å². The highest BCUT2D eigenvalue weighted by Crippen LogP contribution is 2.38. The molecule has 11 aromatic rings. The largest absolute Gasteiger partial charge is 0.456 e. The van der Waals surface area contributed by atoms with Crippen LogP contribution in [0, 0.1) is 0 Å². The van der Waals surface area contributed by atoms with Gasteiger partial charge in [0.2, 0.25) is 0 Å². The molecule has 48 heavy (non-hydrogen) atoms. The Hall–Kier alpha value is -6.52. The summed E-state index contributed by atoms with van der Waals surface area (Å²) in [6, 6.07) is 54.0. The molecule has 4 aromatic heterocycles. The summed E-state index contributed by atoms with van der Waals surface area (Å²) in [5, 5.41) is 8.19. The number of para-hydroxylation sites is 3. The van der Waals surface area contributed by atoms with E-state index in [0.717, 1.165) is 55.3 Å². The number of benzene rings is 7. The lowest BCUT2D eigenvalue weighted by molar-refractivity contribution is 0.668. The van der Waals surface area contributed by atoms with Gasteiger partial charge in [0.25, 0.3) is 0 Å². The van der Waals surface area contributed by atoms with Crippen LogP contribution in [0.25, 0.3) is 99.1 Å². The summed E-state index contributed by atoms with van der Waals surface area (Å²) in [7, 11) is 0. The molecule has 7 aromatic carbocycles. The van der Waals surface area contributed by atoms with Crippen molar-refractivity contribution in [3.8, 4) is 22.5 Å². The third-order valence-corrected chi connectivity index (χ3v) is 9.96. The van der Waals surface area contributed by atoms with E-state index in [2.05, 4.69) is 143 Å². The van der Waals surface area contributed by atoms with Crippen LogP contribution >= 0.6 is 0 Å². The number of furan rings is 2. The van der Waals surface area contributed by atoms with Gasteiger partial charge >= 0.3 is 0 Å². The van der Waals surface area contributed by atoms with Gasteiger partial charge in [-0.1, -0.05) is 72.8 Å². The lowest BCUT2D eigenvalue weighted by atomic mass is 10.0. The van der Waals surface area contributed by atoms with Gasteiger partial charge in [0.15, 0.2) is 0 Å². The predicted octanol–water partition coefficient (Wildman–Crippen LogP) is 12.2. The molecule has 0 N–H and O–H groups in total. The maximum absolute atomic E-state index is 6.14. The molecule has 0 atom stereocenters. The first-order valence-electron chi connectivity index (χ1n) is 16.2. The third-order valence-electron chi connectivity index (χ3n) is 9.96. The molecule has 224 valence electrons. The van der Waals surface area contributed by atoms with Gasteiger partial charge in [-0.3, -0.25) is 0 Å². The van der Waals surface area contributed by atoms with Crippen molar-refractivity contribution in [1.29, 1.82) is 0 Å². The molecule has 4 heteroatoms. The molecule has 0 aliphatic heterocycles. The van der Waals surface area contributed by atoms with Gasteiger partial charge < -0.3 is 18.0 Å². The summed E-state index contributed by atoms with van der Waals surface area (Å²) in [6.07, 6.45) is 2.16. The van der Waals surface area contributed by atoms with Crippen molar-refractivity contribution in [2.45, 2.75) is 0 Å². The zero-order chi connectivity index (χ0) is 31.3. The van der Waals surface area contributed by atoms with Crippen LogP contribution < -0.4 is 0 Å². The van der Waals surface area contributed by atoms with E-state index in [9.17, 15) is 0 Å². The SMILES string of the molecule is c1ccc2c(c1)oc1ccc(-n3ccc4ccc(-c5ccc6c(c5)c5ccccc5n6-c5ccc6oc7ccccc7c6c5)cc43)cc12. The maximum Gasteiger partial charge on any atom is 0.135 e. The van der Waals surface area contributed by atoms with Gasteiger partial charge in [0, 0.05) is 49.9 Å². The van der Waals surface area contributed by atoms with Crippen LogP contribution in [0.4, 0.5) is 0 Å². The Morgan fingerprint density at radius 3 is 1.71 bits per heavy atom. The van der Waals surface area contributed by atoms with E-state index < -0.39 is 0 Å². The van der Waals surface area contributed by atoms with E-state index in [1.165, 1.54) is 43.8 Å². The van der Waals surface area contributed by atoms with E-state index in [1.807, 2.05) is 24.3 Å². The molecule has 0 saturated heterocycles. The lowest BCUT2D eigenvalue weighted by Crippen LogP contribution is -1.93. The molecule has 0 fully saturated rings. The summed E-state index contributed by atoms with van der Waals surface area (Å²) >= 11 is 0. The van der Waals surface area contributed by atoms with Gasteiger partial charge in [0.1, 0.15) is 22.3 Å². The summed E-state index contributed by atoms with van der Waals surface area (Å²) in [5.74, 6) is 0. The van der Waals surface area contributed by atoms with E-state index >= 15 is 0 Å². The topological polar surface area (TPSA) is 36.1 Å². The highest BCUT2D eigenvalue weighted by atomic mass is 16.3. The number of fused-ring (bicyclic) bond motifs is 10. The number of hydrogen-bond donors (Lipinski definition) is 0. The molecule has 0 bridgehead atoms. The van der Waals surface area contributed by atoms with Crippen molar-refractivity contribution in [3.63, 3.8) is 0 Å². The second-order valence-electron chi connectivity index (χ2n) is 12.6. The molecule has 0 saturated carbocycles. The van der Waals surface area contributed by atoms with Gasteiger partial charge in [-0.15, -0.1) is 0 Å². The van der Waals surface area contributed by atoms with Crippen molar-refractivity contribution < 1.29 is 8.83 Å². The molecule has 0 spiro atoms. The minimum Gasteiger partial charge on any atom is -0.456 e. The summed E-state index contributed by atoms with van der Waals surface area (Å²) in [4.78, 5) is 0. The quantitative estimate of drug-likeness (QED) is 0.198. The Kier molecular flexibility index (Phi) is 5.08. The second kappa shape index (κ2) is 9.50. The highest BCUT2D eigenvalue weighted by molar-refractivity contribution is 6.12. The molecular formula is C44H26N2O2. The maximum atomic E-state index is 6.14. The number of aromatic nitrogens is 2. The Balaban J connectivity index is 1.06. The molecule has 0 aliphatic rings. The number of nitrogens with zero attached hydrogens (tertiary/aromatic N) is 2. The first-order chi connectivity index (χ1) is 23.8. The minimum absolute atomic E-state index is 0.904. The third kappa shape index (κ3) is 3.60. The van der Waals surface area contributed by atoms with Crippen molar-refractivity contribution in [2.24, 2.45) is 0 Å². The second-order valence-corrected chi connectivity index (χ2v) is 12.6. The summed E-state index contributed by atoms with van der Waals surface area (Å²) in [5.41, 5.74) is 11.8. The molecular weight excluding hydrogens is 588 g/mol. The van der Waals surface area contributed by atoms with Gasteiger partial charge in [-0.05, 0) is 95.4 Å². The van der Waals surface area contributed by atoms with Crippen LogP contribution in [0.15, 0.2) is 167 Å². The monoisotopic (exact) mass is 614 g/mol. The van der Waals surface area contributed by atoms with Gasteiger partial charge in [-0.2, -0.15) is 0 Å². The van der Waals surface area contributed by atoms with Crippen molar-refractivity contribution in [3.05, 3.63) is 158 Å². The molecule has 4 nitrogen and oxygen atoms in total. The van der Waals surface area contributed by atoms with Crippen LogP contribution in [0.3, 0.4) is 0 Å². The molecule has 4 heterocycles. The van der Waals surface area contributed by atoms with Crippen LogP contribution in [-0.2, 0) is 0 Å². The molecule has 0 radical (unpaired) electrons. The van der Waals surface area contributed by atoms with E-state index in [1.54, 1.807) is 0 Å². The van der Waals surface area contributed by atoms with E-state index in [-0.39, 0.29) is 0 Å². The fraction of sp³-hybridized carbons (Fsp3) is 0. The summed E-state index contributed by atoms with van der Waals surface area (Å²) < 4.78 is 16.9. The van der Waals surface area contributed by atoms with Crippen LogP contribution in [0.2, 0.25) is 0 Å². The smallest absolute Gasteiger partial charge is 0.135 e. The highest BCUT2D eigenvalue weighted by Gasteiger charge is 2.16. The predicted molar refractivity (Wildman–Crippen MR) is 198 cm³/mol. The fourth-order valence-corrected chi connectivity index (χ4v) is 7.68. The molecule has 0 amide bonds. The van der Waals surface area contributed by atoms with Crippen molar-refractivity contribution in [1.82, 2.24) is 9.13 Å². The van der Waals surface area contributed by atoms with E-state index in [4.69, 9.17) is 8.83 Å². The van der Waals surface area contributed by atoms with Crippen molar-refractivity contribution >= 4 is 76.6 Å². The van der Waals surface area contributed by atoms with Crippen LogP contribution in [0.1, 0.15) is 0 Å².